The van der Waals surface area contributed by atoms with Crippen molar-refractivity contribution in [3.63, 3.8) is 0 Å². The predicted molar refractivity (Wildman–Crippen MR) is 97.3 cm³/mol. The van der Waals surface area contributed by atoms with Gasteiger partial charge in [0, 0.05) is 39.6 Å². The van der Waals surface area contributed by atoms with E-state index in [0.29, 0.717) is 0 Å². The first-order valence-electron chi connectivity index (χ1n) is 7.25. The minimum Gasteiger partial charge on any atom is -0.324 e. The van der Waals surface area contributed by atoms with Gasteiger partial charge < -0.3 is 4.57 Å². The van der Waals surface area contributed by atoms with Gasteiger partial charge in [0.05, 0.1) is 5.69 Å². The maximum absolute atomic E-state index is 5.95. The van der Waals surface area contributed by atoms with Crippen LogP contribution in [0.5, 0.6) is 0 Å². The molecule has 0 aliphatic carbocycles. The molecule has 0 aliphatic heterocycles. The molecule has 4 rings (SSSR count). The summed E-state index contributed by atoms with van der Waals surface area (Å²) < 4.78 is 2.09. The van der Waals surface area contributed by atoms with Gasteiger partial charge in [-0.3, -0.25) is 0 Å². The fraction of sp³-hybridized carbons (Fsp3) is 0. The Morgan fingerprint density at radius 3 is 2.43 bits per heavy atom. The monoisotopic (exact) mass is 336 g/mol. The third kappa shape index (κ3) is 2.93. The molecule has 4 aromatic rings. The minimum atomic E-state index is 0.739. The molecule has 2 nitrogen and oxygen atoms in total. The quantitative estimate of drug-likeness (QED) is 0.454. The average molecular weight is 337 g/mol. The van der Waals surface area contributed by atoms with E-state index < -0.39 is 0 Å². The molecule has 0 spiro atoms. The minimum absolute atomic E-state index is 0.739. The van der Waals surface area contributed by atoms with Crippen molar-refractivity contribution in [3.8, 4) is 27.5 Å². The fourth-order valence-electron chi connectivity index (χ4n) is 2.47. The Morgan fingerprint density at radius 2 is 1.65 bits per heavy atom. The molecule has 112 valence electrons. The van der Waals surface area contributed by atoms with E-state index in [-0.39, 0.29) is 0 Å². The summed E-state index contributed by atoms with van der Waals surface area (Å²) in [4.78, 5) is 4.77. The summed E-state index contributed by atoms with van der Waals surface area (Å²) >= 11 is 7.60. The fourth-order valence-corrected chi connectivity index (χ4v) is 3.42. The molecule has 0 saturated carbocycles. The van der Waals surface area contributed by atoms with Crippen molar-refractivity contribution in [2.24, 2.45) is 0 Å². The van der Waals surface area contributed by atoms with E-state index >= 15 is 0 Å². The van der Waals surface area contributed by atoms with Crippen LogP contribution < -0.4 is 0 Å². The zero-order valence-electron chi connectivity index (χ0n) is 12.2. The van der Waals surface area contributed by atoms with Crippen molar-refractivity contribution in [1.29, 1.82) is 0 Å². The summed E-state index contributed by atoms with van der Waals surface area (Å²) in [6.07, 6.45) is 4.08. The lowest BCUT2D eigenvalue weighted by Gasteiger charge is -2.04. The van der Waals surface area contributed by atoms with Gasteiger partial charge in [-0.1, -0.05) is 35.9 Å². The number of nitrogens with zero attached hydrogens (tertiary/aromatic N) is 2. The summed E-state index contributed by atoms with van der Waals surface area (Å²) in [7, 11) is 0. The van der Waals surface area contributed by atoms with Crippen LogP contribution in [-0.2, 0) is 0 Å². The normalized spacial score (nSPS) is 10.8. The number of hydrogen-bond donors (Lipinski definition) is 0. The van der Waals surface area contributed by atoms with Crippen LogP contribution in [0.4, 0.5) is 0 Å². The molecule has 0 bridgehead atoms. The molecular formula is C19H13ClN2S. The Kier molecular flexibility index (Phi) is 3.74. The van der Waals surface area contributed by atoms with E-state index in [4.69, 9.17) is 16.6 Å². The summed E-state index contributed by atoms with van der Waals surface area (Å²) in [5.74, 6) is 0. The molecule has 23 heavy (non-hydrogen) atoms. The van der Waals surface area contributed by atoms with Crippen molar-refractivity contribution in [2.75, 3.05) is 0 Å². The van der Waals surface area contributed by atoms with Crippen LogP contribution in [0.15, 0.2) is 78.4 Å². The topological polar surface area (TPSA) is 17.8 Å². The van der Waals surface area contributed by atoms with Crippen LogP contribution in [0.2, 0.25) is 5.02 Å². The molecule has 0 aliphatic rings. The van der Waals surface area contributed by atoms with Gasteiger partial charge in [-0.25, -0.2) is 4.98 Å². The molecule has 2 aromatic carbocycles. The molecule has 0 saturated heterocycles. The summed E-state index contributed by atoms with van der Waals surface area (Å²) in [6.45, 7) is 0. The summed E-state index contributed by atoms with van der Waals surface area (Å²) in [5, 5.41) is 3.84. The van der Waals surface area contributed by atoms with Crippen molar-refractivity contribution in [2.45, 2.75) is 0 Å². The second-order valence-electron chi connectivity index (χ2n) is 5.19. The number of hydrogen-bond acceptors (Lipinski definition) is 2. The third-order valence-electron chi connectivity index (χ3n) is 3.64. The zero-order valence-corrected chi connectivity index (χ0v) is 13.8. The SMILES string of the molecule is Clc1ccc(-c2csc(-c3cccc(-n4cccc4)c3)n2)cc1. The van der Waals surface area contributed by atoms with Gasteiger partial charge in [0.15, 0.2) is 0 Å². The maximum atomic E-state index is 5.95. The number of rotatable bonds is 3. The molecular weight excluding hydrogens is 324 g/mol. The van der Waals surface area contributed by atoms with Crippen LogP contribution in [0, 0.1) is 0 Å². The predicted octanol–water partition coefficient (Wildman–Crippen LogP) is 5.92. The molecule has 4 heteroatoms. The van der Waals surface area contributed by atoms with Gasteiger partial charge in [-0.2, -0.15) is 0 Å². The molecule has 0 amide bonds. The van der Waals surface area contributed by atoms with Gasteiger partial charge >= 0.3 is 0 Å². The van der Waals surface area contributed by atoms with Crippen molar-refractivity contribution in [1.82, 2.24) is 9.55 Å². The van der Waals surface area contributed by atoms with Crippen molar-refractivity contribution < 1.29 is 0 Å². The van der Waals surface area contributed by atoms with E-state index in [2.05, 4.69) is 34.2 Å². The zero-order chi connectivity index (χ0) is 15.6. The Hall–Kier alpha value is -2.36. The molecule has 0 fully saturated rings. The van der Waals surface area contributed by atoms with Gasteiger partial charge in [0.2, 0.25) is 0 Å². The lowest BCUT2D eigenvalue weighted by molar-refractivity contribution is 1.08. The standard InChI is InChI=1S/C19H13ClN2S/c20-16-8-6-14(7-9-16)18-13-23-19(21-18)15-4-3-5-17(12-15)22-10-1-2-11-22/h1-13H. The smallest absolute Gasteiger partial charge is 0.124 e. The van der Waals surface area contributed by atoms with E-state index in [0.717, 1.165) is 32.5 Å². The highest BCUT2D eigenvalue weighted by Gasteiger charge is 2.07. The Morgan fingerprint density at radius 1 is 0.870 bits per heavy atom. The van der Waals surface area contributed by atoms with Crippen LogP contribution in [0.1, 0.15) is 0 Å². The largest absolute Gasteiger partial charge is 0.324 e. The second-order valence-corrected chi connectivity index (χ2v) is 6.48. The molecule has 0 radical (unpaired) electrons. The third-order valence-corrected chi connectivity index (χ3v) is 4.78. The van der Waals surface area contributed by atoms with Crippen LogP contribution >= 0.6 is 22.9 Å². The summed E-state index contributed by atoms with van der Waals surface area (Å²) in [5.41, 5.74) is 4.32. The Bertz CT molecular complexity index is 924. The van der Waals surface area contributed by atoms with E-state index in [1.165, 1.54) is 0 Å². The van der Waals surface area contributed by atoms with Crippen LogP contribution in [-0.4, -0.2) is 9.55 Å². The van der Waals surface area contributed by atoms with Crippen molar-refractivity contribution in [3.05, 3.63) is 83.5 Å². The van der Waals surface area contributed by atoms with Gasteiger partial charge in [-0.15, -0.1) is 11.3 Å². The van der Waals surface area contributed by atoms with Crippen LogP contribution in [0.25, 0.3) is 27.5 Å². The average Bonchev–Trinajstić information content (AvgIpc) is 3.28. The number of thiazole rings is 1. The highest BCUT2D eigenvalue weighted by Crippen LogP contribution is 2.30. The lowest BCUT2D eigenvalue weighted by atomic mass is 10.2. The van der Waals surface area contributed by atoms with Gasteiger partial charge in [0.25, 0.3) is 0 Å². The second kappa shape index (κ2) is 6.03. The molecule has 0 atom stereocenters. The van der Waals surface area contributed by atoms with E-state index in [1.807, 2.05) is 48.8 Å². The molecule has 2 aromatic heterocycles. The molecule has 2 heterocycles. The van der Waals surface area contributed by atoms with Gasteiger partial charge in [-0.05, 0) is 36.4 Å². The number of aromatic nitrogens is 2. The first-order chi connectivity index (χ1) is 11.3. The molecule has 0 N–H and O–H groups in total. The Balaban J connectivity index is 1.69. The lowest BCUT2D eigenvalue weighted by Crippen LogP contribution is -1.89. The van der Waals surface area contributed by atoms with Gasteiger partial charge in [0.1, 0.15) is 5.01 Å². The summed E-state index contributed by atoms with van der Waals surface area (Å²) in [6, 6.07) is 20.2. The number of benzene rings is 2. The highest BCUT2D eigenvalue weighted by molar-refractivity contribution is 7.13. The highest BCUT2D eigenvalue weighted by atomic mass is 35.5. The Labute approximate surface area is 143 Å². The van der Waals surface area contributed by atoms with E-state index in [1.54, 1.807) is 11.3 Å². The number of halogens is 1. The first kappa shape index (κ1) is 14.2. The molecule has 0 unspecified atom stereocenters. The first-order valence-corrected chi connectivity index (χ1v) is 8.51. The van der Waals surface area contributed by atoms with Crippen LogP contribution in [0.3, 0.4) is 0 Å². The maximum Gasteiger partial charge on any atom is 0.124 e. The van der Waals surface area contributed by atoms with Crippen molar-refractivity contribution >= 4 is 22.9 Å². The van der Waals surface area contributed by atoms with E-state index in [9.17, 15) is 0 Å².